The fourth-order valence-corrected chi connectivity index (χ4v) is 2.44. The van der Waals surface area contributed by atoms with Gasteiger partial charge in [-0.1, -0.05) is 15.9 Å². The number of nitro benzene ring substituents is 1. The number of hydrogen-bond donors (Lipinski definition) is 1. The molecule has 0 spiro atoms. The maximum Gasteiger partial charge on any atom is 0.292 e. The van der Waals surface area contributed by atoms with Crippen LogP contribution in [-0.4, -0.2) is 26.3 Å². The van der Waals surface area contributed by atoms with Gasteiger partial charge in [-0.3, -0.25) is 10.1 Å². The topological polar surface area (TPSA) is 82.9 Å². The molecule has 7 nitrogen and oxygen atoms in total. The van der Waals surface area contributed by atoms with Gasteiger partial charge < -0.3 is 19.5 Å². The summed E-state index contributed by atoms with van der Waals surface area (Å²) < 4.78 is 16.5. The summed E-state index contributed by atoms with van der Waals surface area (Å²) in [5.74, 6) is 1.35. The number of anilines is 2. The molecule has 23 heavy (non-hydrogen) atoms. The van der Waals surface area contributed by atoms with E-state index in [0.29, 0.717) is 28.6 Å². The SMILES string of the molecule is COc1cc(Nc2cc(Br)ccc2[N+](=O)[O-])cc(OC)c1OC. The largest absolute Gasteiger partial charge is 0.493 e. The van der Waals surface area contributed by atoms with E-state index < -0.39 is 4.92 Å². The molecule has 0 amide bonds. The first-order valence-electron chi connectivity index (χ1n) is 6.51. The lowest BCUT2D eigenvalue weighted by molar-refractivity contribution is -0.383. The number of hydrogen-bond acceptors (Lipinski definition) is 6. The average Bonchev–Trinajstić information content (AvgIpc) is 2.53. The Labute approximate surface area is 141 Å². The lowest BCUT2D eigenvalue weighted by atomic mass is 10.2. The van der Waals surface area contributed by atoms with Crippen molar-refractivity contribution in [3.05, 3.63) is 44.9 Å². The normalized spacial score (nSPS) is 10.1. The molecule has 2 aromatic carbocycles. The van der Waals surface area contributed by atoms with E-state index in [9.17, 15) is 10.1 Å². The van der Waals surface area contributed by atoms with E-state index in [1.54, 1.807) is 24.3 Å². The molecule has 0 aliphatic heterocycles. The zero-order chi connectivity index (χ0) is 17.0. The Hall–Kier alpha value is -2.48. The highest BCUT2D eigenvalue weighted by Gasteiger charge is 2.17. The van der Waals surface area contributed by atoms with Crippen molar-refractivity contribution in [2.24, 2.45) is 0 Å². The first-order chi connectivity index (χ1) is 11.0. The first kappa shape index (κ1) is 16.9. The Balaban J connectivity index is 2.48. The van der Waals surface area contributed by atoms with Crippen LogP contribution in [0.2, 0.25) is 0 Å². The summed E-state index contributed by atoms with van der Waals surface area (Å²) >= 11 is 3.31. The molecule has 122 valence electrons. The molecule has 8 heteroatoms. The highest BCUT2D eigenvalue weighted by atomic mass is 79.9. The molecule has 0 heterocycles. The summed E-state index contributed by atoms with van der Waals surface area (Å²) in [5, 5.41) is 14.2. The Kier molecular flexibility index (Phi) is 5.28. The van der Waals surface area contributed by atoms with Crippen LogP contribution in [0.25, 0.3) is 0 Å². The van der Waals surface area contributed by atoms with Gasteiger partial charge in [0.1, 0.15) is 5.69 Å². The molecule has 0 aromatic heterocycles. The Morgan fingerprint density at radius 1 is 1.04 bits per heavy atom. The van der Waals surface area contributed by atoms with Crippen LogP contribution >= 0.6 is 15.9 Å². The minimum atomic E-state index is -0.452. The summed E-state index contributed by atoms with van der Waals surface area (Å²) in [6, 6.07) is 8.00. The number of rotatable bonds is 6. The number of nitro groups is 1. The second kappa shape index (κ2) is 7.19. The number of benzene rings is 2. The van der Waals surface area contributed by atoms with Gasteiger partial charge in [0.2, 0.25) is 5.75 Å². The lowest BCUT2D eigenvalue weighted by Crippen LogP contribution is -2.00. The quantitative estimate of drug-likeness (QED) is 0.597. The van der Waals surface area contributed by atoms with Gasteiger partial charge in [0.15, 0.2) is 11.5 Å². The summed E-state index contributed by atoms with van der Waals surface area (Å²) in [4.78, 5) is 10.7. The number of ether oxygens (including phenoxy) is 3. The molecule has 0 saturated carbocycles. The average molecular weight is 383 g/mol. The van der Waals surface area contributed by atoms with Crippen LogP contribution in [-0.2, 0) is 0 Å². The zero-order valence-corrected chi connectivity index (χ0v) is 14.3. The minimum absolute atomic E-state index is 0.0399. The van der Waals surface area contributed by atoms with E-state index in [4.69, 9.17) is 14.2 Å². The van der Waals surface area contributed by atoms with Crippen molar-refractivity contribution in [3.63, 3.8) is 0 Å². The molecule has 0 atom stereocenters. The second-order valence-corrected chi connectivity index (χ2v) is 5.37. The Morgan fingerprint density at radius 2 is 1.65 bits per heavy atom. The van der Waals surface area contributed by atoms with Gasteiger partial charge in [-0.05, 0) is 12.1 Å². The third kappa shape index (κ3) is 3.65. The molecule has 0 radical (unpaired) electrons. The molecule has 0 aliphatic carbocycles. The van der Waals surface area contributed by atoms with Crippen LogP contribution in [0.1, 0.15) is 0 Å². The van der Waals surface area contributed by atoms with Gasteiger partial charge in [0.05, 0.1) is 26.3 Å². The molecule has 1 N–H and O–H groups in total. The molecular weight excluding hydrogens is 368 g/mol. The highest BCUT2D eigenvalue weighted by molar-refractivity contribution is 9.10. The van der Waals surface area contributed by atoms with Gasteiger partial charge in [0.25, 0.3) is 5.69 Å². The monoisotopic (exact) mass is 382 g/mol. The summed E-state index contributed by atoms with van der Waals surface area (Å²) in [5.41, 5.74) is 0.876. The smallest absolute Gasteiger partial charge is 0.292 e. The Bertz CT molecular complexity index is 711. The predicted molar refractivity (Wildman–Crippen MR) is 90.2 cm³/mol. The van der Waals surface area contributed by atoms with E-state index >= 15 is 0 Å². The number of methoxy groups -OCH3 is 3. The highest BCUT2D eigenvalue weighted by Crippen LogP contribution is 2.41. The number of halogens is 1. The molecule has 2 aromatic rings. The van der Waals surface area contributed by atoms with E-state index in [1.807, 2.05) is 0 Å². The van der Waals surface area contributed by atoms with E-state index in [1.165, 1.54) is 27.4 Å². The van der Waals surface area contributed by atoms with Gasteiger partial charge in [-0.25, -0.2) is 0 Å². The second-order valence-electron chi connectivity index (χ2n) is 4.46. The fourth-order valence-electron chi connectivity index (χ4n) is 2.08. The van der Waals surface area contributed by atoms with Crippen molar-refractivity contribution in [2.45, 2.75) is 0 Å². The summed E-state index contributed by atoms with van der Waals surface area (Å²) in [6.07, 6.45) is 0. The predicted octanol–water partition coefficient (Wildman–Crippen LogP) is 4.13. The van der Waals surface area contributed by atoms with Gasteiger partial charge in [0, 0.05) is 28.4 Å². The van der Waals surface area contributed by atoms with Crippen LogP contribution in [0.15, 0.2) is 34.8 Å². The molecule has 0 saturated heterocycles. The third-order valence-electron chi connectivity index (χ3n) is 3.10. The van der Waals surface area contributed by atoms with Crippen molar-refractivity contribution in [1.29, 1.82) is 0 Å². The van der Waals surface area contributed by atoms with Gasteiger partial charge in [-0.15, -0.1) is 0 Å². The molecule has 0 fully saturated rings. The van der Waals surface area contributed by atoms with Crippen LogP contribution < -0.4 is 19.5 Å². The van der Waals surface area contributed by atoms with Crippen molar-refractivity contribution in [1.82, 2.24) is 0 Å². The molecule has 0 aliphatic rings. The summed E-state index contributed by atoms with van der Waals surface area (Å²) in [7, 11) is 4.51. The van der Waals surface area contributed by atoms with Crippen molar-refractivity contribution >= 4 is 33.0 Å². The van der Waals surface area contributed by atoms with Gasteiger partial charge >= 0.3 is 0 Å². The first-order valence-corrected chi connectivity index (χ1v) is 7.30. The fraction of sp³-hybridized carbons (Fsp3) is 0.200. The maximum atomic E-state index is 11.2. The maximum absolute atomic E-state index is 11.2. The molecule has 2 rings (SSSR count). The number of nitrogens with one attached hydrogen (secondary N) is 1. The summed E-state index contributed by atoms with van der Waals surface area (Å²) in [6.45, 7) is 0. The van der Waals surface area contributed by atoms with Crippen molar-refractivity contribution in [3.8, 4) is 17.2 Å². The van der Waals surface area contributed by atoms with Crippen molar-refractivity contribution < 1.29 is 19.1 Å². The standard InChI is InChI=1S/C15H15BrN2O5/c1-21-13-7-10(8-14(22-2)15(13)23-3)17-11-6-9(16)4-5-12(11)18(19)20/h4-8,17H,1-3H3. The molecule has 0 unspecified atom stereocenters. The van der Waals surface area contributed by atoms with E-state index in [2.05, 4.69) is 21.2 Å². The van der Waals surface area contributed by atoms with Crippen LogP contribution in [0.5, 0.6) is 17.2 Å². The third-order valence-corrected chi connectivity index (χ3v) is 3.59. The van der Waals surface area contributed by atoms with Crippen LogP contribution in [0.3, 0.4) is 0 Å². The van der Waals surface area contributed by atoms with E-state index in [-0.39, 0.29) is 5.69 Å². The van der Waals surface area contributed by atoms with Gasteiger partial charge in [-0.2, -0.15) is 0 Å². The molecular formula is C15H15BrN2O5. The zero-order valence-electron chi connectivity index (χ0n) is 12.8. The van der Waals surface area contributed by atoms with Crippen LogP contribution in [0, 0.1) is 10.1 Å². The molecule has 0 bridgehead atoms. The van der Waals surface area contributed by atoms with Crippen LogP contribution in [0.4, 0.5) is 17.1 Å². The lowest BCUT2D eigenvalue weighted by Gasteiger charge is -2.15. The van der Waals surface area contributed by atoms with E-state index in [0.717, 1.165) is 4.47 Å². The van der Waals surface area contributed by atoms with Crippen molar-refractivity contribution in [2.75, 3.05) is 26.6 Å². The Morgan fingerprint density at radius 3 is 2.13 bits per heavy atom. The number of nitrogens with zero attached hydrogens (tertiary/aromatic N) is 1. The minimum Gasteiger partial charge on any atom is -0.493 e.